The van der Waals surface area contributed by atoms with E-state index in [4.69, 9.17) is 16.7 Å². The predicted molar refractivity (Wildman–Crippen MR) is 70.1 cm³/mol. The lowest BCUT2D eigenvalue weighted by Crippen LogP contribution is -2.17. The molecule has 0 heterocycles. The highest BCUT2D eigenvalue weighted by molar-refractivity contribution is 6.32. The molecule has 1 aliphatic rings. The Morgan fingerprint density at radius 2 is 1.95 bits per heavy atom. The first-order chi connectivity index (χ1) is 8.75. The highest BCUT2D eigenvalue weighted by atomic mass is 35.5. The number of halogens is 1. The molecule has 1 aliphatic carbocycles. The maximum Gasteiger partial charge on any atom is 0.307 e. The van der Waals surface area contributed by atoms with Crippen molar-refractivity contribution in [3.63, 3.8) is 0 Å². The summed E-state index contributed by atoms with van der Waals surface area (Å²) in [6.45, 7) is 3.50. The minimum absolute atomic E-state index is 0.0742. The number of hydrogen-bond acceptors (Lipinski definition) is 3. The maximum atomic E-state index is 12.0. The van der Waals surface area contributed by atoms with Gasteiger partial charge in [-0.2, -0.15) is 0 Å². The summed E-state index contributed by atoms with van der Waals surface area (Å²) in [5, 5.41) is 21.0. The number of carbonyl (C=O) groups excluding carboxylic acids is 1. The molecule has 1 aromatic carbocycles. The Morgan fingerprint density at radius 3 is 2.42 bits per heavy atom. The fourth-order valence-electron chi connectivity index (χ4n) is 2.39. The molecule has 2 rings (SSSR count). The molecule has 0 aliphatic heterocycles. The van der Waals surface area contributed by atoms with Crippen LogP contribution in [0.2, 0.25) is 5.02 Å². The molecule has 5 nitrogen and oxygen atoms in total. The van der Waals surface area contributed by atoms with E-state index in [1.54, 1.807) is 13.8 Å². The smallest absolute Gasteiger partial charge is 0.307 e. The second kappa shape index (κ2) is 4.42. The van der Waals surface area contributed by atoms with Gasteiger partial charge in [-0.25, -0.2) is 0 Å². The van der Waals surface area contributed by atoms with Crippen LogP contribution in [0.25, 0.3) is 0 Å². The summed E-state index contributed by atoms with van der Waals surface area (Å²) in [5.41, 5.74) is -0.115. The normalized spacial score (nSPS) is 23.7. The van der Waals surface area contributed by atoms with Gasteiger partial charge in [0.15, 0.2) is 0 Å². The van der Waals surface area contributed by atoms with Crippen LogP contribution in [-0.4, -0.2) is 22.1 Å². The van der Waals surface area contributed by atoms with Crippen molar-refractivity contribution in [2.45, 2.75) is 13.8 Å². The molecular weight excluding hydrogens is 270 g/mol. The van der Waals surface area contributed by atoms with Gasteiger partial charge in [-0.15, -0.1) is 0 Å². The third-order valence-corrected chi connectivity index (χ3v) is 3.89. The molecule has 3 N–H and O–H groups in total. The highest BCUT2D eigenvalue weighted by Gasteiger charge is 2.65. The van der Waals surface area contributed by atoms with Crippen molar-refractivity contribution >= 4 is 29.2 Å². The lowest BCUT2D eigenvalue weighted by Gasteiger charge is -2.07. The van der Waals surface area contributed by atoms with Gasteiger partial charge in [0.25, 0.3) is 0 Å². The molecule has 0 bridgehead atoms. The van der Waals surface area contributed by atoms with Crippen molar-refractivity contribution in [3.8, 4) is 5.75 Å². The monoisotopic (exact) mass is 283 g/mol. The van der Waals surface area contributed by atoms with E-state index in [1.807, 2.05) is 0 Å². The van der Waals surface area contributed by atoms with Crippen LogP contribution < -0.4 is 5.32 Å². The van der Waals surface area contributed by atoms with Gasteiger partial charge < -0.3 is 15.5 Å². The second-order valence-corrected chi connectivity index (χ2v) is 5.68. The van der Waals surface area contributed by atoms with Crippen LogP contribution >= 0.6 is 11.6 Å². The molecule has 0 radical (unpaired) electrons. The Morgan fingerprint density at radius 1 is 1.32 bits per heavy atom. The third kappa shape index (κ3) is 2.38. The Hall–Kier alpha value is -1.75. The van der Waals surface area contributed by atoms with E-state index >= 15 is 0 Å². The van der Waals surface area contributed by atoms with Gasteiger partial charge >= 0.3 is 5.97 Å². The Kier molecular flexibility index (Phi) is 3.18. The highest BCUT2D eigenvalue weighted by Crippen LogP contribution is 2.58. The van der Waals surface area contributed by atoms with Crippen LogP contribution in [0.3, 0.4) is 0 Å². The summed E-state index contributed by atoms with van der Waals surface area (Å²) >= 11 is 5.73. The minimum atomic E-state index is -0.964. The van der Waals surface area contributed by atoms with E-state index in [9.17, 15) is 14.7 Å². The fraction of sp³-hybridized carbons (Fsp3) is 0.385. The van der Waals surface area contributed by atoms with Gasteiger partial charge in [0, 0.05) is 5.69 Å². The van der Waals surface area contributed by atoms with E-state index < -0.39 is 23.2 Å². The van der Waals surface area contributed by atoms with Gasteiger partial charge in [0.05, 0.1) is 16.9 Å². The molecule has 0 spiro atoms. The first-order valence-corrected chi connectivity index (χ1v) is 6.15. The molecule has 1 fully saturated rings. The van der Waals surface area contributed by atoms with Crippen molar-refractivity contribution in [2.75, 3.05) is 5.32 Å². The molecule has 19 heavy (non-hydrogen) atoms. The number of carbonyl (C=O) groups is 2. The molecule has 2 unspecified atom stereocenters. The number of rotatable bonds is 3. The fourth-order valence-corrected chi connectivity index (χ4v) is 2.57. The van der Waals surface area contributed by atoms with Gasteiger partial charge in [0.2, 0.25) is 5.91 Å². The van der Waals surface area contributed by atoms with Crippen molar-refractivity contribution in [1.82, 2.24) is 0 Å². The number of benzene rings is 1. The molecule has 1 amide bonds. The number of carboxylic acids is 1. The summed E-state index contributed by atoms with van der Waals surface area (Å²) in [6, 6.07) is 4.29. The number of nitrogens with one attached hydrogen (secondary N) is 1. The largest absolute Gasteiger partial charge is 0.506 e. The van der Waals surface area contributed by atoms with E-state index in [1.165, 1.54) is 18.2 Å². The summed E-state index contributed by atoms with van der Waals surface area (Å²) in [6.07, 6.45) is 0. The zero-order valence-electron chi connectivity index (χ0n) is 10.5. The Labute approximate surface area is 115 Å². The van der Waals surface area contributed by atoms with Gasteiger partial charge in [-0.3, -0.25) is 9.59 Å². The molecule has 1 saturated carbocycles. The lowest BCUT2D eigenvalue weighted by molar-refractivity contribution is -0.140. The average Bonchev–Trinajstić information content (AvgIpc) is 2.87. The number of aromatic hydroxyl groups is 1. The van der Waals surface area contributed by atoms with E-state index in [-0.39, 0.29) is 16.7 Å². The summed E-state index contributed by atoms with van der Waals surface area (Å²) in [5.74, 6) is -2.61. The quantitative estimate of drug-likeness (QED) is 0.743. The maximum absolute atomic E-state index is 12.0. The van der Waals surface area contributed by atoms with Crippen LogP contribution in [0.5, 0.6) is 5.75 Å². The van der Waals surface area contributed by atoms with Gasteiger partial charge in [-0.05, 0) is 23.6 Å². The number of phenols is 1. The molecular formula is C13H14ClNO4. The number of carboxylic acid groups (broad SMARTS) is 1. The zero-order valence-corrected chi connectivity index (χ0v) is 11.2. The summed E-state index contributed by atoms with van der Waals surface area (Å²) in [7, 11) is 0. The van der Waals surface area contributed by atoms with Crippen LogP contribution in [0.15, 0.2) is 18.2 Å². The van der Waals surface area contributed by atoms with E-state index in [0.29, 0.717) is 5.69 Å². The Bertz CT molecular complexity index is 556. The summed E-state index contributed by atoms with van der Waals surface area (Å²) in [4.78, 5) is 23.0. The van der Waals surface area contributed by atoms with Crippen LogP contribution in [0, 0.1) is 17.3 Å². The van der Waals surface area contributed by atoms with Crippen LogP contribution in [0.4, 0.5) is 5.69 Å². The molecule has 1 aromatic rings. The van der Waals surface area contributed by atoms with Crippen molar-refractivity contribution in [3.05, 3.63) is 23.2 Å². The van der Waals surface area contributed by atoms with Gasteiger partial charge in [0.1, 0.15) is 5.75 Å². The van der Waals surface area contributed by atoms with Crippen molar-refractivity contribution in [1.29, 1.82) is 0 Å². The lowest BCUT2D eigenvalue weighted by atomic mass is 10.1. The Balaban J connectivity index is 2.10. The number of hydrogen-bond donors (Lipinski definition) is 3. The first kappa shape index (κ1) is 13.7. The SMILES string of the molecule is CC1(C)C(C(=O)O)C1C(=O)Nc1ccc(O)c(Cl)c1. The summed E-state index contributed by atoms with van der Waals surface area (Å²) < 4.78 is 0. The molecule has 102 valence electrons. The van der Waals surface area contributed by atoms with Crippen LogP contribution in [-0.2, 0) is 9.59 Å². The van der Waals surface area contributed by atoms with E-state index in [2.05, 4.69) is 5.32 Å². The number of phenolic OH excluding ortho intramolecular Hbond substituents is 1. The van der Waals surface area contributed by atoms with Gasteiger partial charge in [-0.1, -0.05) is 25.4 Å². The topological polar surface area (TPSA) is 86.6 Å². The van der Waals surface area contributed by atoms with Crippen LogP contribution in [0.1, 0.15) is 13.8 Å². The molecule has 0 saturated heterocycles. The zero-order chi connectivity index (χ0) is 14.4. The molecule has 2 atom stereocenters. The molecule has 6 heteroatoms. The number of aliphatic carboxylic acids is 1. The first-order valence-electron chi connectivity index (χ1n) is 5.77. The minimum Gasteiger partial charge on any atom is -0.506 e. The molecule has 0 aromatic heterocycles. The van der Waals surface area contributed by atoms with E-state index in [0.717, 1.165) is 0 Å². The average molecular weight is 284 g/mol. The van der Waals surface area contributed by atoms with Crippen molar-refractivity contribution < 1.29 is 19.8 Å². The number of anilines is 1. The number of amides is 1. The van der Waals surface area contributed by atoms with Crippen molar-refractivity contribution in [2.24, 2.45) is 17.3 Å². The third-order valence-electron chi connectivity index (χ3n) is 3.59. The predicted octanol–water partition coefficient (Wildman–Crippen LogP) is 2.34. The standard InChI is InChI=1S/C13H14ClNO4/c1-13(2)9(10(13)12(18)19)11(17)15-6-3-4-8(16)7(14)5-6/h3-5,9-10,16H,1-2H3,(H,15,17)(H,18,19). The second-order valence-electron chi connectivity index (χ2n) is 5.27.